The third kappa shape index (κ3) is 2.55. The quantitative estimate of drug-likeness (QED) is 0.723. The number of carbonyl (C=O) groups excluding carboxylic acids is 1. The summed E-state index contributed by atoms with van der Waals surface area (Å²) in [6, 6.07) is 0. The fourth-order valence-electron chi connectivity index (χ4n) is 0.789. The molecule has 0 aromatic heterocycles. The Bertz CT molecular complexity index is 141. The molecule has 0 aliphatic heterocycles. The van der Waals surface area contributed by atoms with Gasteiger partial charge in [0.05, 0.1) is 10.7 Å². The van der Waals surface area contributed by atoms with Crippen molar-refractivity contribution in [3.05, 3.63) is 31.6 Å². The van der Waals surface area contributed by atoms with E-state index in [9.17, 15) is 4.79 Å². The molecule has 0 amide bonds. The number of alkyl halides is 2. The van der Waals surface area contributed by atoms with Crippen LogP contribution in [0.4, 0.5) is 0 Å². The first-order chi connectivity index (χ1) is 5.25. The Morgan fingerprint density at radius 3 is 2.45 bits per heavy atom. The molecule has 1 nitrogen and oxygen atoms in total. The Balaban J connectivity index is 2.39. The van der Waals surface area contributed by atoms with E-state index in [0.717, 1.165) is 5.92 Å². The summed E-state index contributed by atoms with van der Waals surface area (Å²) in [5, 5.41) is 0.650. The third-order valence-electron chi connectivity index (χ3n) is 1.37. The molecule has 11 heavy (non-hydrogen) atoms. The topological polar surface area (TPSA) is 17.1 Å². The van der Waals surface area contributed by atoms with Gasteiger partial charge in [0.25, 0.3) is 0 Å². The highest BCUT2D eigenvalue weighted by atomic mass is 79.9. The fourth-order valence-corrected chi connectivity index (χ4v) is 1.35. The van der Waals surface area contributed by atoms with E-state index in [4.69, 9.17) is 0 Å². The van der Waals surface area contributed by atoms with Crippen LogP contribution in [0.15, 0.2) is 0 Å². The van der Waals surface area contributed by atoms with E-state index in [1.807, 2.05) is 25.7 Å². The fraction of sp³-hybridized carbons (Fsp3) is 0.250. The zero-order chi connectivity index (χ0) is 8.27. The minimum atomic E-state index is -0.107. The second kappa shape index (κ2) is 4.61. The Hall–Kier alpha value is 0.630. The highest BCUT2D eigenvalue weighted by Gasteiger charge is 2.28. The Morgan fingerprint density at radius 2 is 2.00 bits per heavy atom. The first-order valence-corrected chi connectivity index (χ1v) is 5.25. The largest absolute Gasteiger partial charge is 0.298 e. The number of ketones is 1. The van der Waals surface area contributed by atoms with Gasteiger partial charge in [0.2, 0.25) is 0 Å². The van der Waals surface area contributed by atoms with E-state index in [0.29, 0.717) is 5.33 Å². The van der Waals surface area contributed by atoms with Crippen molar-refractivity contribution in [2.45, 2.75) is 4.83 Å². The van der Waals surface area contributed by atoms with Gasteiger partial charge in [-0.3, -0.25) is 4.79 Å². The number of Topliss-reactive ketones (excluding diaryl/α,β-unsaturated/α-hetero) is 1. The van der Waals surface area contributed by atoms with E-state index in [-0.39, 0.29) is 10.6 Å². The van der Waals surface area contributed by atoms with Crippen molar-refractivity contribution in [2.75, 3.05) is 5.33 Å². The number of carbonyl (C=O) groups is 1. The van der Waals surface area contributed by atoms with Crippen LogP contribution in [-0.2, 0) is 4.79 Å². The molecule has 1 rings (SSSR count). The van der Waals surface area contributed by atoms with Gasteiger partial charge in [-0.05, 0) is 25.7 Å². The molecule has 1 aliphatic rings. The lowest BCUT2D eigenvalue weighted by Crippen LogP contribution is -2.21. The van der Waals surface area contributed by atoms with Gasteiger partial charge >= 0.3 is 0 Å². The summed E-state index contributed by atoms with van der Waals surface area (Å²) in [6.45, 7) is 0. The lowest BCUT2D eigenvalue weighted by molar-refractivity contribution is -0.115. The van der Waals surface area contributed by atoms with Crippen LogP contribution >= 0.6 is 31.9 Å². The maximum absolute atomic E-state index is 11.4. The van der Waals surface area contributed by atoms with Gasteiger partial charge < -0.3 is 0 Å². The van der Waals surface area contributed by atoms with Crippen LogP contribution in [0.3, 0.4) is 0 Å². The summed E-state index contributed by atoms with van der Waals surface area (Å²) in [5.74, 6) is 0.901. The predicted octanol–water partition coefficient (Wildman–Crippen LogP) is 2.12. The maximum atomic E-state index is 11.4. The van der Waals surface area contributed by atoms with Crippen molar-refractivity contribution in [2.24, 2.45) is 0 Å². The lowest BCUT2D eigenvalue weighted by atomic mass is 10.0. The number of halogens is 2. The maximum Gasteiger partial charge on any atom is 0.155 e. The number of rotatable bonds is 3. The SMILES string of the molecule is O=C([C]1[CH][CH][CH][CH]1)C(Br)CBr. The van der Waals surface area contributed by atoms with E-state index in [2.05, 4.69) is 31.9 Å². The van der Waals surface area contributed by atoms with Gasteiger partial charge in [0.15, 0.2) is 5.78 Å². The molecule has 0 aromatic carbocycles. The predicted molar refractivity (Wildman–Crippen MR) is 52.0 cm³/mol. The molecular formula is C8H7Br2O. The van der Waals surface area contributed by atoms with Gasteiger partial charge in [-0.1, -0.05) is 31.9 Å². The van der Waals surface area contributed by atoms with Crippen LogP contribution in [0.1, 0.15) is 0 Å². The van der Waals surface area contributed by atoms with Gasteiger partial charge in [-0.2, -0.15) is 0 Å². The first kappa shape index (κ1) is 9.72. The van der Waals surface area contributed by atoms with Crippen LogP contribution in [0.2, 0.25) is 0 Å². The van der Waals surface area contributed by atoms with Crippen molar-refractivity contribution in [1.29, 1.82) is 0 Å². The van der Waals surface area contributed by atoms with Gasteiger partial charge in [0, 0.05) is 5.33 Å². The van der Waals surface area contributed by atoms with E-state index in [1.165, 1.54) is 0 Å². The van der Waals surface area contributed by atoms with Crippen molar-refractivity contribution in [3.8, 4) is 0 Å². The molecule has 59 valence electrons. The molecule has 1 saturated carbocycles. The molecule has 1 unspecified atom stereocenters. The molecule has 0 heterocycles. The molecule has 0 saturated heterocycles. The van der Waals surface area contributed by atoms with E-state index < -0.39 is 0 Å². The van der Waals surface area contributed by atoms with E-state index in [1.54, 1.807) is 0 Å². The Kier molecular flexibility index (Phi) is 4.07. The molecule has 1 fully saturated rings. The first-order valence-electron chi connectivity index (χ1n) is 3.21. The number of hydrogen-bond donors (Lipinski definition) is 0. The minimum Gasteiger partial charge on any atom is -0.298 e. The number of hydrogen-bond acceptors (Lipinski definition) is 1. The zero-order valence-electron chi connectivity index (χ0n) is 5.76. The monoisotopic (exact) mass is 277 g/mol. The van der Waals surface area contributed by atoms with Gasteiger partial charge in [-0.15, -0.1) is 0 Å². The summed E-state index contributed by atoms with van der Waals surface area (Å²) < 4.78 is 0. The normalized spacial score (nSPS) is 22.0. The summed E-state index contributed by atoms with van der Waals surface area (Å²) in [7, 11) is 0. The van der Waals surface area contributed by atoms with Crippen LogP contribution in [0.5, 0.6) is 0 Å². The second-order valence-corrected chi connectivity index (χ2v) is 3.91. The molecule has 1 aliphatic carbocycles. The molecule has 5 radical (unpaired) electrons. The summed E-state index contributed by atoms with van der Waals surface area (Å²) in [6.07, 6.45) is 7.36. The molecule has 0 spiro atoms. The van der Waals surface area contributed by atoms with Crippen LogP contribution in [0.25, 0.3) is 0 Å². The van der Waals surface area contributed by atoms with Crippen LogP contribution < -0.4 is 0 Å². The molecule has 0 N–H and O–H groups in total. The lowest BCUT2D eigenvalue weighted by Gasteiger charge is -2.09. The minimum absolute atomic E-state index is 0.107. The van der Waals surface area contributed by atoms with Gasteiger partial charge in [-0.25, -0.2) is 0 Å². The smallest absolute Gasteiger partial charge is 0.155 e. The molecule has 3 heteroatoms. The summed E-state index contributed by atoms with van der Waals surface area (Å²) in [4.78, 5) is 11.3. The third-order valence-corrected chi connectivity index (χ3v) is 3.62. The van der Waals surface area contributed by atoms with Crippen molar-refractivity contribution >= 4 is 37.6 Å². The molecule has 1 atom stereocenters. The molecule has 0 aromatic rings. The average molecular weight is 279 g/mol. The van der Waals surface area contributed by atoms with Gasteiger partial charge in [0.1, 0.15) is 0 Å². The van der Waals surface area contributed by atoms with Crippen LogP contribution in [-0.4, -0.2) is 15.9 Å². The molecular weight excluding hydrogens is 272 g/mol. The molecule has 0 bridgehead atoms. The Morgan fingerprint density at radius 1 is 1.45 bits per heavy atom. The Labute approximate surface area is 84.2 Å². The van der Waals surface area contributed by atoms with Crippen molar-refractivity contribution in [3.63, 3.8) is 0 Å². The summed E-state index contributed by atoms with van der Waals surface area (Å²) in [5.41, 5.74) is 0. The van der Waals surface area contributed by atoms with Crippen molar-refractivity contribution < 1.29 is 4.79 Å². The second-order valence-electron chi connectivity index (χ2n) is 2.16. The summed E-state index contributed by atoms with van der Waals surface area (Å²) >= 11 is 6.50. The highest BCUT2D eigenvalue weighted by molar-refractivity contribution is 9.12. The average Bonchev–Trinajstić information content (AvgIpc) is 2.53. The van der Waals surface area contributed by atoms with Crippen molar-refractivity contribution in [1.82, 2.24) is 0 Å². The van der Waals surface area contributed by atoms with E-state index >= 15 is 0 Å². The zero-order valence-corrected chi connectivity index (χ0v) is 8.93. The standard InChI is InChI=1S/C8H7Br2O/c9-5-7(10)8(11)6-3-1-2-4-6/h1-4,7H,5H2. The highest BCUT2D eigenvalue weighted by Crippen LogP contribution is 2.27. The van der Waals surface area contributed by atoms with Crippen LogP contribution in [0, 0.1) is 31.6 Å².